The van der Waals surface area contributed by atoms with E-state index in [9.17, 15) is 43.2 Å². The topological polar surface area (TPSA) is 237 Å². The number of hydrogen-bond donors (Lipinski definition) is 3. The fourth-order valence-corrected chi connectivity index (χ4v) is 11.7. The molecular formula is C67H130O17P2. The zero-order chi connectivity index (χ0) is 63.3. The summed E-state index contributed by atoms with van der Waals surface area (Å²) >= 11 is 0. The highest BCUT2D eigenvalue weighted by molar-refractivity contribution is 7.47. The van der Waals surface area contributed by atoms with Crippen LogP contribution < -0.4 is 0 Å². The molecule has 86 heavy (non-hydrogen) atoms. The molecule has 0 radical (unpaired) electrons. The van der Waals surface area contributed by atoms with Crippen LogP contribution in [0.2, 0.25) is 0 Å². The number of phosphoric acid groups is 2. The molecule has 3 N–H and O–H groups in total. The molecule has 0 aliphatic rings. The summed E-state index contributed by atoms with van der Waals surface area (Å²) in [7, 11) is -9.88. The van der Waals surface area contributed by atoms with Crippen LogP contribution in [0.4, 0.5) is 0 Å². The second-order valence-electron chi connectivity index (χ2n) is 24.2. The van der Waals surface area contributed by atoms with Gasteiger partial charge < -0.3 is 33.8 Å². The van der Waals surface area contributed by atoms with Gasteiger partial charge in [-0.15, -0.1) is 0 Å². The molecule has 2 unspecified atom stereocenters. The minimum Gasteiger partial charge on any atom is -0.462 e. The number of aliphatic hydroxyl groups excluding tert-OH is 1. The smallest absolute Gasteiger partial charge is 0.462 e. The van der Waals surface area contributed by atoms with Crippen molar-refractivity contribution in [1.29, 1.82) is 0 Å². The number of unbranched alkanes of at least 4 members (excludes halogenated alkanes) is 42. The normalized spacial score (nSPS) is 14.1. The quantitative estimate of drug-likeness (QED) is 0.0222. The summed E-state index contributed by atoms with van der Waals surface area (Å²) in [5.74, 6) is -2.13. The lowest BCUT2D eigenvalue weighted by Crippen LogP contribution is -2.30. The van der Waals surface area contributed by atoms with Crippen LogP contribution in [-0.2, 0) is 65.4 Å². The van der Waals surface area contributed by atoms with Gasteiger partial charge in [0.25, 0.3) is 0 Å². The molecule has 0 amide bonds. The van der Waals surface area contributed by atoms with Crippen molar-refractivity contribution in [2.24, 2.45) is 0 Å². The maximum absolute atomic E-state index is 13.0. The van der Waals surface area contributed by atoms with Gasteiger partial charge in [0.2, 0.25) is 0 Å². The molecule has 0 aliphatic carbocycles. The monoisotopic (exact) mass is 1270 g/mol. The van der Waals surface area contributed by atoms with Crippen LogP contribution >= 0.6 is 15.6 Å². The molecule has 0 heterocycles. The highest BCUT2D eigenvalue weighted by Gasteiger charge is 2.30. The molecule has 510 valence electrons. The highest BCUT2D eigenvalue weighted by atomic mass is 31.2. The van der Waals surface area contributed by atoms with Crippen molar-refractivity contribution < 1.29 is 80.2 Å². The van der Waals surface area contributed by atoms with E-state index in [0.29, 0.717) is 25.7 Å². The van der Waals surface area contributed by atoms with Gasteiger partial charge in [0.05, 0.1) is 26.4 Å². The van der Waals surface area contributed by atoms with Gasteiger partial charge in [-0.25, -0.2) is 9.13 Å². The number of hydrogen-bond acceptors (Lipinski definition) is 15. The Morgan fingerprint density at radius 1 is 0.279 bits per heavy atom. The van der Waals surface area contributed by atoms with E-state index in [0.717, 1.165) is 109 Å². The van der Waals surface area contributed by atoms with E-state index in [2.05, 4.69) is 27.7 Å². The Kier molecular flexibility index (Phi) is 60.5. The van der Waals surface area contributed by atoms with E-state index in [-0.39, 0.29) is 25.7 Å². The predicted octanol–water partition coefficient (Wildman–Crippen LogP) is 19.1. The van der Waals surface area contributed by atoms with Crippen LogP contribution in [0.25, 0.3) is 0 Å². The Bertz CT molecular complexity index is 1650. The summed E-state index contributed by atoms with van der Waals surface area (Å²) in [6, 6.07) is 0. The molecule has 0 aliphatic heterocycles. The SMILES string of the molecule is CCCCCCCCCCCCCCCCCCCC(=O)O[C@H](COC(=O)CCCCCCCCCCCCCCCC)COP(=O)(O)OC[C@@H](O)COP(=O)(O)OC[C@@H](COC(=O)CCCCCCCCC)OC(=O)CCCCCCCCCC. The summed E-state index contributed by atoms with van der Waals surface area (Å²) in [5.41, 5.74) is 0. The van der Waals surface area contributed by atoms with E-state index in [1.165, 1.54) is 161 Å². The fourth-order valence-electron chi connectivity index (χ4n) is 10.2. The number of ether oxygens (including phenoxy) is 4. The molecule has 0 saturated carbocycles. The Morgan fingerprint density at radius 2 is 0.465 bits per heavy atom. The molecule has 0 aromatic carbocycles. The third-order valence-corrected chi connectivity index (χ3v) is 17.5. The molecule has 0 rings (SSSR count). The Balaban J connectivity index is 5.17. The average molecular weight is 1270 g/mol. The van der Waals surface area contributed by atoms with E-state index in [1.807, 2.05) is 0 Å². The van der Waals surface area contributed by atoms with Gasteiger partial charge in [-0.05, 0) is 25.7 Å². The van der Waals surface area contributed by atoms with Gasteiger partial charge in [-0.3, -0.25) is 37.3 Å². The first-order valence-electron chi connectivity index (χ1n) is 35.3. The number of esters is 4. The maximum Gasteiger partial charge on any atom is 0.472 e. The van der Waals surface area contributed by atoms with Gasteiger partial charge in [-0.2, -0.15) is 0 Å². The second kappa shape index (κ2) is 61.9. The van der Waals surface area contributed by atoms with Crippen LogP contribution in [0.5, 0.6) is 0 Å². The van der Waals surface area contributed by atoms with Gasteiger partial charge in [0.1, 0.15) is 19.3 Å². The van der Waals surface area contributed by atoms with Crippen molar-refractivity contribution in [3.8, 4) is 0 Å². The van der Waals surface area contributed by atoms with E-state index in [1.54, 1.807) is 0 Å². The maximum atomic E-state index is 13.0. The summed E-state index contributed by atoms with van der Waals surface area (Å²) in [5, 5.41) is 10.5. The lowest BCUT2D eigenvalue weighted by Gasteiger charge is -2.21. The molecule has 0 aromatic rings. The van der Waals surface area contributed by atoms with Crippen molar-refractivity contribution in [1.82, 2.24) is 0 Å². The largest absolute Gasteiger partial charge is 0.472 e. The Morgan fingerprint density at radius 3 is 0.686 bits per heavy atom. The Labute approximate surface area is 524 Å². The number of carbonyl (C=O) groups is 4. The van der Waals surface area contributed by atoms with Crippen LogP contribution in [0, 0.1) is 0 Å². The van der Waals surface area contributed by atoms with Crippen LogP contribution in [0.15, 0.2) is 0 Å². The molecule has 5 atom stereocenters. The summed E-state index contributed by atoms with van der Waals surface area (Å²) in [4.78, 5) is 72.2. The van der Waals surface area contributed by atoms with Crippen molar-refractivity contribution in [2.75, 3.05) is 39.6 Å². The predicted molar refractivity (Wildman–Crippen MR) is 345 cm³/mol. The van der Waals surface area contributed by atoms with Gasteiger partial charge in [0, 0.05) is 25.7 Å². The number of rotatable bonds is 68. The van der Waals surface area contributed by atoms with Gasteiger partial charge in [-0.1, -0.05) is 297 Å². The lowest BCUT2D eigenvalue weighted by molar-refractivity contribution is -0.161. The minimum atomic E-state index is -4.95. The van der Waals surface area contributed by atoms with Gasteiger partial charge >= 0.3 is 39.5 Å². The third-order valence-electron chi connectivity index (χ3n) is 15.6. The second-order valence-corrected chi connectivity index (χ2v) is 27.1. The first kappa shape index (κ1) is 84.1. The first-order valence-corrected chi connectivity index (χ1v) is 38.3. The van der Waals surface area contributed by atoms with Crippen LogP contribution in [0.3, 0.4) is 0 Å². The van der Waals surface area contributed by atoms with Crippen molar-refractivity contribution in [3.05, 3.63) is 0 Å². The highest BCUT2D eigenvalue weighted by Crippen LogP contribution is 2.45. The van der Waals surface area contributed by atoms with Gasteiger partial charge in [0.15, 0.2) is 12.2 Å². The Hall–Kier alpha value is -1.94. The molecule has 19 heteroatoms. The summed E-state index contributed by atoms with van der Waals surface area (Å²) in [6.07, 6.45) is 48.7. The number of carbonyl (C=O) groups excluding carboxylic acids is 4. The van der Waals surface area contributed by atoms with Crippen molar-refractivity contribution in [3.63, 3.8) is 0 Å². The molecule has 0 saturated heterocycles. The molecule has 0 spiro atoms. The lowest BCUT2D eigenvalue weighted by atomic mass is 10.0. The fraction of sp³-hybridized carbons (Fsp3) is 0.940. The zero-order valence-electron chi connectivity index (χ0n) is 55.3. The molecule has 17 nitrogen and oxygen atoms in total. The standard InChI is InChI=1S/C67H130O17P2/c1-5-9-13-17-21-24-26-28-30-31-32-34-36-38-42-46-50-54-67(72)84-63(58-78-65(70)52-48-44-41-37-35-33-29-27-25-22-18-14-10-6-2)60-82-86(75,76)80-56-61(68)55-79-85(73,74)81-59-62(57-77-64(69)51-47-43-39-20-16-12-8-4)83-66(71)53-49-45-40-23-19-15-11-7-3/h61-63,68H,5-60H2,1-4H3,(H,73,74)(H,75,76)/t61-,62+,63+/m0/s1. The minimum absolute atomic E-state index is 0.105. The zero-order valence-corrected chi connectivity index (χ0v) is 57.1. The molecule has 0 fully saturated rings. The molecule has 0 aromatic heterocycles. The van der Waals surface area contributed by atoms with Crippen molar-refractivity contribution >= 4 is 39.5 Å². The summed E-state index contributed by atoms with van der Waals surface area (Å²) < 4.78 is 68.0. The third kappa shape index (κ3) is 60.9. The van der Waals surface area contributed by atoms with Crippen LogP contribution in [-0.4, -0.2) is 96.7 Å². The van der Waals surface area contributed by atoms with E-state index < -0.39 is 97.5 Å². The average Bonchev–Trinajstić information content (AvgIpc) is 3.59. The van der Waals surface area contributed by atoms with Crippen molar-refractivity contribution in [2.45, 2.75) is 367 Å². The first-order chi connectivity index (χ1) is 41.7. The van der Waals surface area contributed by atoms with E-state index in [4.69, 9.17) is 37.0 Å². The number of phosphoric ester groups is 2. The molecular weight excluding hydrogens is 1140 g/mol. The van der Waals surface area contributed by atoms with Crippen LogP contribution in [0.1, 0.15) is 349 Å². The summed E-state index contributed by atoms with van der Waals surface area (Å²) in [6.45, 7) is 4.86. The van der Waals surface area contributed by atoms with E-state index >= 15 is 0 Å². The molecule has 0 bridgehead atoms. The number of aliphatic hydroxyl groups is 1.